The molecule has 1 aromatic rings. The van der Waals surface area contributed by atoms with Gasteiger partial charge in [0.25, 0.3) is 0 Å². The third-order valence-corrected chi connectivity index (χ3v) is 5.68. The van der Waals surface area contributed by atoms with Crippen LogP contribution in [0.4, 0.5) is 0 Å². The van der Waals surface area contributed by atoms with Crippen LogP contribution >= 0.6 is 11.8 Å². The molecule has 0 bridgehead atoms. The summed E-state index contributed by atoms with van der Waals surface area (Å²) in [5.74, 6) is 0. The smallest absolute Gasteiger partial charge is 0.0464 e. The van der Waals surface area contributed by atoms with E-state index in [0.29, 0.717) is 5.54 Å². The van der Waals surface area contributed by atoms with Crippen LogP contribution in [-0.2, 0) is 5.54 Å². The molecule has 0 radical (unpaired) electrons. The Morgan fingerprint density at radius 2 is 1.95 bits per heavy atom. The van der Waals surface area contributed by atoms with E-state index in [1.165, 1.54) is 50.0 Å². The zero-order chi connectivity index (χ0) is 13.8. The van der Waals surface area contributed by atoms with Crippen LogP contribution in [-0.4, -0.2) is 24.2 Å². The minimum absolute atomic E-state index is 0.300. The Balaban J connectivity index is 1.97. The van der Waals surface area contributed by atoms with Gasteiger partial charge < -0.3 is 0 Å². The summed E-state index contributed by atoms with van der Waals surface area (Å²) in [6, 6.07) is 9.29. The first-order valence-electron chi connectivity index (χ1n) is 7.90. The lowest BCUT2D eigenvalue weighted by molar-refractivity contribution is 0.0556. The van der Waals surface area contributed by atoms with Gasteiger partial charge in [0.2, 0.25) is 0 Å². The summed E-state index contributed by atoms with van der Waals surface area (Å²) in [5, 5.41) is 0. The summed E-state index contributed by atoms with van der Waals surface area (Å²) >= 11 is 1.86. The second-order valence-electron chi connectivity index (χ2n) is 6.03. The summed E-state index contributed by atoms with van der Waals surface area (Å²) < 4.78 is 0. The third kappa shape index (κ3) is 2.68. The van der Waals surface area contributed by atoms with Crippen molar-refractivity contribution in [1.29, 1.82) is 0 Å². The van der Waals surface area contributed by atoms with E-state index in [4.69, 9.17) is 0 Å². The average Bonchev–Trinajstić information content (AvgIpc) is 2.56. The number of rotatable bonds is 3. The van der Waals surface area contributed by atoms with E-state index in [2.05, 4.69) is 47.6 Å². The molecule has 0 spiro atoms. The Hall–Kier alpha value is -0.730. The fourth-order valence-corrected chi connectivity index (χ4v) is 4.33. The van der Waals surface area contributed by atoms with E-state index >= 15 is 0 Å². The minimum atomic E-state index is 0.300. The second-order valence-corrected chi connectivity index (χ2v) is 6.91. The highest BCUT2D eigenvalue weighted by Gasteiger charge is 2.39. The van der Waals surface area contributed by atoms with E-state index in [9.17, 15) is 0 Å². The monoisotopic (exact) mass is 287 g/mol. The van der Waals surface area contributed by atoms with Crippen molar-refractivity contribution < 1.29 is 0 Å². The first-order chi connectivity index (χ1) is 9.85. The molecule has 1 aliphatic carbocycles. The van der Waals surface area contributed by atoms with E-state index in [1.807, 2.05) is 11.8 Å². The highest BCUT2D eigenvalue weighted by atomic mass is 32.2. The van der Waals surface area contributed by atoms with Gasteiger partial charge in [-0.2, -0.15) is 0 Å². The van der Waals surface area contributed by atoms with Crippen LogP contribution in [0.3, 0.4) is 0 Å². The molecule has 1 nitrogen and oxygen atoms in total. The van der Waals surface area contributed by atoms with Crippen LogP contribution in [0.25, 0.3) is 0 Å². The number of hydrogen-bond donors (Lipinski definition) is 0. The first-order valence-corrected chi connectivity index (χ1v) is 9.12. The highest BCUT2D eigenvalue weighted by molar-refractivity contribution is 7.98. The summed E-state index contributed by atoms with van der Waals surface area (Å²) in [4.78, 5) is 4.14. The summed E-state index contributed by atoms with van der Waals surface area (Å²) in [6.45, 7) is 2.35. The van der Waals surface area contributed by atoms with Crippen LogP contribution in [0.5, 0.6) is 0 Å². The van der Waals surface area contributed by atoms with Crippen LogP contribution in [0.15, 0.2) is 41.3 Å². The van der Waals surface area contributed by atoms with Crippen molar-refractivity contribution in [2.75, 3.05) is 19.3 Å². The van der Waals surface area contributed by atoms with E-state index in [-0.39, 0.29) is 0 Å². The SMILES string of the molecule is CSc1cccc(C2(N3CC=CCC3)CCCCC2)c1. The Labute approximate surface area is 127 Å². The van der Waals surface area contributed by atoms with Gasteiger partial charge in [0.1, 0.15) is 0 Å². The fraction of sp³-hybridized carbons (Fsp3) is 0.556. The maximum Gasteiger partial charge on any atom is 0.0464 e. The molecular formula is C18H25NS. The lowest BCUT2D eigenvalue weighted by Crippen LogP contribution is -2.48. The number of benzene rings is 1. The zero-order valence-electron chi connectivity index (χ0n) is 12.5. The zero-order valence-corrected chi connectivity index (χ0v) is 13.3. The number of thioether (sulfide) groups is 1. The van der Waals surface area contributed by atoms with Crippen molar-refractivity contribution in [3.8, 4) is 0 Å². The summed E-state index contributed by atoms with van der Waals surface area (Å²) in [7, 11) is 0. The number of nitrogens with zero attached hydrogens (tertiary/aromatic N) is 1. The molecular weight excluding hydrogens is 262 g/mol. The predicted molar refractivity (Wildman–Crippen MR) is 88.3 cm³/mol. The lowest BCUT2D eigenvalue weighted by atomic mass is 9.75. The van der Waals surface area contributed by atoms with Crippen LogP contribution in [0.2, 0.25) is 0 Å². The molecule has 0 atom stereocenters. The Morgan fingerprint density at radius 3 is 2.65 bits per heavy atom. The van der Waals surface area contributed by atoms with Crippen molar-refractivity contribution in [2.45, 2.75) is 49.0 Å². The largest absolute Gasteiger partial charge is 0.290 e. The maximum atomic E-state index is 2.74. The van der Waals surface area contributed by atoms with Gasteiger partial charge in [-0.05, 0) is 43.2 Å². The molecule has 1 heterocycles. The van der Waals surface area contributed by atoms with Crippen molar-refractivity contribution in [2.24, 2.45) is 0 Å². The molecule has 0 amide bonds. The molecule has 108 valence electrons. The van der Waals surface area contributed by atoms with Crippen molar-refractivity contribution in [3.05, 3.63) is 42.0 Å². The van der Waals surface area contributed by atoms with Gasteiger partial charge >= 0.3 is 0 Å². The number of hydrogen-bond acceptors (Lipinski definition) is 2. The lowest BCUT2D eigenvalue weighted by Gasteiger charge is -2.48. The molecule has 0 saturated heterocycles. The quantitative estimate of drug-likeness (QED) is 0.578. The molecule has 3 rings (SSSR count). The minimum Gasteiger partial charge on any atom is -0.290 e. The van der Waals surface area contributed by atoms with Crippen LogP contribution < -0.4 is 0 Å². The van der Waals surface area contributed by atoms with Gasteiger partial charge in [-0.15, -0.1) is 11.8 Å². The van der Waals surface area contributed by atoms with Gasteiger partial charge in [-0.25, -0.2) is 0 Å². The van der Waals surface area contributed by atoms with Gasteiger partial charge in [-0.3, -0.25) is 4.90 Å². The molecule has 1 saturated carbocycles. The van der Waals surface area contributed by atoms with Crippen molar-refractivity contribution in [3.63, 3.8) is 0 Å². The highest BCUT2D eigenvalue weighted by Crippen LogP contribution is 2.43. The molecule has 1 aromatic carbocycles. The normalized spacial score (nSPS) is 22.9. The van der Waals surface area contributed by atoms with Gasteiger partial charge in [0.05, 0.1) is 0 Å². The summed E-state index contributed by atoms with van der Waals surface area (Å²) in [5.41, 5.74) is 1.86. The van der Waals surface area contributed by atoms with Gasteiger partial charge in [0, 0.05) is 23.5 Å². The third-order valence-electron chi connectivity index (χ3n) is 4.95. The molecule has 20 heavy (non-hydrogen) atoms. The molecule has 2 aliphatic rings. The van der Waals surface area contributed by atoms with Gasteiger partial charge in [-0.1, -0.05) is 43.5 Å². The van der Waals surface area contributed by atoms with Gasteiger partial charge in [0.15, 0.2) is 0 Å². The molecule has 1 fully saturated rings. The molecule has 0 aromatic heterocycles. The fourth-order valence-electron chi connectivity index (χ4n) is 3.87. The molecule has 1 aliphatic heterocycles. The summed E-state index contributed by atoms with van der Waals surface area (Å²) in [6.07, 6.45) is 14.9. The Kier molecular flexibility index (Phi) is 4.52. The standard InChI is InChI=1S/C18H25NS/c1-20-17-10-8-9-16(15-17)18(11-4-2-5-12-18)19-13-6-3-7-14-19/h3,6,8-10,15H,2,4-5,7,11-14H2,1H3. The predicted octanol–water partition coefficient (Wildman–Crippen LogP) is 4.83. The Morgan fingerprint density at radius 1 is 1.10 bits per heavy atom. The van der Waals surface area contributed by atoms with E-state index in [1.54, 1.807) is 5.56 Å². The molecule has 0 N–H and O–H groups in total. The van der Waals surface area contributed by atoms with Crippen molar-refractivity contribution >= 4 is 11.8 Å². The maximum absolute atomic E-state index is 2.74. The van der Waals surface area contributed by atoms with Crippen LogP contribution in [0, 0.1) is 0 Å². The molecule has 2 heteroatoms. The topological polar surface area (TPSA) is 3.24 Å². The van der Waals surface area contributed by atoms with Crippen molar-refractivity contribution in [1.82, 2.24) is 4.90 Å². The van der Waals surface area contributed by atoms with E-state index < -0.39 is 0 Å². The first kappa shape index (κ1) is 14.2. The Bertz CT molecular complexity index is 474. The average molecular weight is 287 g/mol. The second kappa shape index (κ2) is 6.36. The van der Waals surface area contributed by atoms with Crippen LogP contribution in [0.1, 0.15) is 44.1 Å². The molecule has 0 unspecified atom stereocenters. The van der Waals surface area contributed by atoms with E-state index in [0.717, 1.165) is 6.54 Å².